The Hall–Kier alpha value is -1.31. The Balaban J connectivity index is 2.60. The van der Waals surface area contributed by atoms with E-state index < -0.39 is 0 Å². The van der Waals surface area contributed by atoms with Crippen molar-refractivity contribution < 1.29 is 4.74 Å². The summed E-state index contributed by atoms with van der Waals surface area (Å²) >= 11 is 1.65. The average molecular weight is 325 g/mol. The van der Waals surface area contributed by atoms with E-state index in [-0.39, 0.29) is 0 Å². The Morgan fingerprint density at radius 3 is 2.91 bits per heavy atom. The Labute approximate surface area is 137 Å². The number of nitrogens with one attached hydrogen (secondary N) is 2. The number of nitrogen functional groups attached to an aromatic ring is 1. The lowest BCUT2D eigenvalue weighted by atomic mass is 10.2. The van der Waals surface area contributed by atoms with Crippen LogP contribution in [0, 0.1) is 6.92 Å². The minimum absolute atomic E-state index is 0.444. The van der Waals surface area contributed by atoms with E-state index in [0.29, 0.717) is 24.7 Å². The predicted molar refractivity (Wildman–Crippen MR) is 97.3 cm³/mol. The highest BCUT2D eigenvalue weighted by Gasteiger charge is 2.07. The maximum absolute atomic E-state index is 5.99. The predicted octanol–water partition coefficient (Wildman–Crippen LogP) is 2.77. The second kappa shape index (κ2) is 11.3. The van der Waals surface area contributed by atoms with Crippen molar-refractivity contribution in [2.24, 2.45) is 4.99 Å². The van der Waals surface area contributed by atoms with Crippen molar-refractivity contribution in [3.05, 3.63) is 11.8 Å². The number of aryl methyl sites for hydroxylation is 1. The molecule has 1 aromatic rings. The first-order valence-electron chi connectivity index (χ1n) is 7.56. The second-order valence-electron chi connectivity index (χ2n) is 4.75. The third-order valence-corrected chi connectivity index (χ3v) is 3.42. The van der Waals surface area contributed by atoms with Gasteiger partial charge in [-0.1, -0.05) is 11.9 Å². The van der Waals surface area contributed by atoms with Crippen LogP contribution in [0.3, 0.4) is 0 Å². The fourth-order valence-electron chi connectivity index (χ4n) is 1.91. The molecule has 0 atom stereocenters. The molecule has 0 unspecified atom stereocenters. The quantitative estimate of drug-likeness (QED) is 0.329. The lowest BCUT2D eigenvalue weighted by molar-refractivity contribution is 0.190. The number of hydrogen-bond donors (Lipinski definition) is 3. The minimum Gasteiger partial charge on any atom is -0.383 e. The number of unbranched alkanes of at least 4 members (excludes halogenated alkanes) is 1. The summed E-state index contributed by atoms with van der Waals surface area (Å²) in [7, 11) is 0. The Kier molecular flexibility index (Phi) is 9.61. The smallest absolute Gasteiger partial charge is 0.151 e. The first-order chi connectivity index (χ1) is 10.7. The van der Waals surface area contributed by atoms with Crippen LogP contribution in [-0.2, 0) is 4.74 Å². The van der Waals surface area contributed by atoms with Crippen LogP contribution in [0.15, 0.2) is 11.1 Å². The van der Waals surface area contributed by atoms with E-state index in [4.69, 9.17) is 10.5 Å². The molecule has 22 heavy (non-hydrogen) atoms. The molecule has 124 valence electrons. The van der Waals surface area contributed by atoms with Crippen molar-refractivity contribution in [2.45, 2.75) is 26.7 Å². The number of nitrogens with two attached hydrogens (primary N) is 1. The first kappa shape index (κ1) is 18.7. The SMILES string of the molecule is CCOCC=Nc1c(NCCCCNSC)cc(C)nc1N. The highest BCUT2D eigenvalue weighted by Crippen LogP contribution is 2.30. The third kappa shape index (κ3) is 7.11. The van der Waals surface area contributed by atoms with E-state index in [1.165, 1.54) is 0 Å². The molecule has 0 radical (unpaired) electrons. The molecule has 0 amide bonds. The number of aliphatic imine (C=N–C) groups is 1. The van der Waals surface area contributed by atoms with Crippen LogP contribution in [0.1, 0.15) is 25.5 Å². The normalized spacial score (nSPS) is 11.2. The minimum atomic E-state index is 0.444. The van der Waals surface area contributed by atoms with Gasteiger partial charge in [-0.25, -0.2) is 4.98 Å². The first-order valence-corrected chi connectivity index (χ1v) is 8.78. The summed E-state index contributed by atoms with van der Waals surface area (Å²) in [5.41, 5.74) is 8.48. The molecule has 0 aliphatic carbocycles. The molecule has 0 bridgehead atoms. The van der Waals surface area contributed by atoms with E-state index in [9.17, 15) is 0 Å². The van der Waals surface area contributed by atoms with Crippen LogP contribution in [0.2, 0.25) is 0 Å². The van der Waals surface area contributed by atoms with Gasteiger partial charge in [0.15, 0.2) is 5.82 Å². The maximum atomic E-state index is 5.99. The van der Waals surface area contributed by atoms with E-state index in [0.717, 1.165) is 37.3 Å². The van der Waals surface area contributed by atoms with E-state index >= 15 is 0 Å². The fraction of sp³-hybridized carbons (Fsp3) is 0.600. The Morgan fingerprint density at radius 2 is 2.18 bits per heavy atom. The monoisotopic (exact) mass is 325 g/mol. The van der Waals surface area contributed by atoms with Crippen LogP contribution in [0.25, 0.3) is 0 Å². The van der Waals surface area contributed by atoms with Crippen molar-refractivity contribution >= 4 is 35.4 Å². The number of rotatable bonds is 11. The highest BCUT2D eigenvalue weighted by atomic mass is 32.2. The van der Waals surface area contributed by atoms with Gasteiger partial charge in [-0.3, -0.25) is 9.71 Å². The van der Waals surface area contributed by atoms with Crippen molar-refractivity contribution in [1.82, 2.24) is 9.71 Å². The Morgan fingerprint density at radius 1 is 1.41 bits per heavy atom. The second-order valence-corrected chi connectivity index (χ2v) is 5.45. The molecule has 6 nitrogen and oxygen atoms in total. The zero-order valence-corrected chi connectivity index (χ0v) is 14.5. The van der Waals surface area contributed by atoms with Crippen molar-refractivity contribution in [2.75, 3.05) is 43.6 Å². The summed E-state index contributed by atoms with van der Waals surface area (Å²) in [4.78, 5) is 8.67. The maximum Gasteiger partial charge on any atom is 0.151 e. The molecule has 0 saturated carbocycles. The van der Waals surface area contributed by atoms with Crippen LogP contribution in [-0.4, -0.2) is 43.8 Å². The molecular weight excluding hydrogens is 298 g/mol. The summed E-state index contributed by atoms with van der Waals surface area (Å²) in [6.45, 7) is 6.92. The van der Waals surface area contributed by atoms with Gasteiger partial charge in [-0.2, -0.15) is 0 Å². The van der Waals surface area contributed by atoms with Gasteiger partial charge in [0.05, 0.1) is 12.3 Å². The van der Waals surface area contributed by atoms with E-state index in [2.05, 4.69) is 20.0 Å². The van der Waals surface area contributed by atoms with Gasteiger partial charge in [-0.15, -0.1) is 0 Å². The van der Waals surface area contributed by atoms with Gasteiger partial charge in [0.1, 0.15) is 5.69 Å². The van der Waals surface area contributed by atoms with Crippen LogP contribution in [0.5, 0.6) is 0 Å². The molecule has 0 aliphatic rings. The van der Waals surface area contributed by atoms with Crippen LogP contribution >= 0.6 is 11.9 Å². The van der Waals surface area contributed by atoms with Crippen molar-refractivity contribution in [1.29, 1.82) is 0 Å². The van der Waals surface area contributed by atoms with E-state index in [1.54, 1.807) is 18.2 Å². The highest BCUT2D eigenvalue weighted by molar-refractivity contribution is 7.96. The molecule has 1 rings (SSSR count). The van der Waals surface area contributed by atoms with Gasteiger partial charge in [0.2, 0.25) is 0 Å². The number of hydrogen-bond acceptors (Lipinski definition) is 7. The van der Waals surface area contributed by atoms with Crippen molar-refractivity contribution in [3.8, 4) is 0 Å². The van der Waals surface area contributed by atoms with Gasteiger partial charge in [-0.05, 0) is 39.0 Å². The standard InChI is InChI=1S/C15H27N5OS/c1-4-21-10-9-18-14-13(11-12(2)20-15(14)16)17-7-5-6-8-19-22-3/h9,11,19H,4-8,10H2,1-3H3,(H3,16,17,20). The lowest BCUT2D eigenvalue weighted by Crippen LogP contribution is -2.09. The number of pyridine rings is 1. The largest absolute Gasteiger partial charge is 0.383 e. The number of aromatic nitrogens is 1. The van der Waals surface area contributed by atoms with Gasteiger partial charge < -0.3 is 15.8 Å². The van der Waals surface area contributed by atoms with E-state index in [1.807, 2.05) is 26.2 Å². The lowest BCUT2D eigenvalue weighted by Gasteiger charge is -2.12. The topological polar surface area (TPSA) is 84.6 Å². The fourth-order valence-corrected chi connectivity index (χ4v) is 2.26. The summed E-state index contributed by atoms with van der Waals surface area (Å²) < 4.78 is 8.49. The summed E-state index contributed by atoms with van der Waals surface area (Å²) in [6.07, 6.45) is 5.96. The average Bonchev–Trinajstić information content (AvgIpc) is 2.49. The molecule has 1 heterocycles. The molecule has 0 aliphatic heterocycles. The molecule has 0 fully saturated rings. The summed E-state index contributed by atoms with van der Waals surface area (Å²) in [6, 6.07) is 1.98. The van der Waals surface area contributed by atoms with Crippen LogP contribution in [0.4, 0.5) is 17.2 Å². The molecule has 0 aromatic carbocycles. The number of nitrogens with zero attached hydrogens (tertiary/aromatic N) is 2. The summed E-state index contributed by atoms with van der Waals surface area (Å²) in [5, 5.41) is 3.40. The van der Waals surface area contributed by atoms with Gasteiger partial charge in [0, 0.05) is 31.6 Å². The Bertz CT molecular complexity index is 467. The van der Waals surface area contributed by atoms with Gasteiger partial charge in [0.25, 0.3) is 0 Å². The van der Waals surface area contributed by atoms with Crippen LogP contribution < -0.4 is 15.8 Å². The zero-order chi connectivity index (χ0) is 16.2. The third-order valence-electron chi connectivity index (χ3n) is 2.93. The molecule has 0 saturated heterocycles. The van der Waals surface area contributed by atoms with Gasteiger partial charge >= 0.3 is 0 Å². The molecule has 4 N–H and O–H groups in total. The molecule has 0 spiro atoms. The molecule has 7 heteroatoms. The summed E-state index contributed by atoms with van der Waals surface area (Å²) in [5.74, 6) is 0.444. The molecular formula is C15H27N5OS. The number of anilines is 2. The molecule has 1 aromatic heterocycles. The van der Waals surface area contributed by atoms with Crippen molar-refractivity contribution in [3.63, 3.8) is 0 Å². The zero-order valence-electron chi connectivity index (χ0n) is 13.7. The number of ether oxygens (including phenoxy) is 1.